The summed E-state index contributed by atoms with van der Waals surface area (Å²) in [7, 11) is 0. The number of carbonyl (C=O) groups is 1. The molecule has 2 aromatic rings. The van der Waals surface area contributed by atoms with Crippen LogP contribution in [0.25, 0.3) is 10.8 Å². The van der Waals surface area contributed by atoms with Crippen LogP contribution < -0.4 is 9.62 Å². The highest BCUT2D eigenvalue weighted by molar-refractivity contribution is 7.80. The van der Waals surface area contributed by atoms with Crippen molar-refractivity contribution in [2.75, 3.05) is 17.4 Å². The van der Waals surface area contributed by atoms with Crippen molar-refractivity contribution in [2.24, 2.45) is 11.8 Å². The Labute approximate surface area is 181 Å². The van der Waals surface area contributed by atoms with E-state index in [0.29, 0.717) is 24.9 Å². The van der Waals surface area contributed by atoms with Crippen LogP contribution in [0.2, 0.25) is 0 Å². The molecule has 0 saturated heterocycles. The van der Waals surface area contributed by atoms with Crippen molar-refractivity contribution in [1.82, 2.24) is 5.32 Å². The number of fused-ring (bicyclic) bond motifs is 1. The van der Waals surface area contributed by atoms with E-state index in [1.54, 1.807) is 4.31 Å². The number of carbonyl (C=O) groups excluding carboxylic acids is 1. The van der Waals surface area contributed by atoms with Crippen LogP contribution in [-0.4, -0.2) is 33.5 Å². The third-order valence-electron chi connectivity index (χ3n) is 5.55. The number of amides is 1. The van der Waals surface area contributed by atoms with Crippen molar-refractivity contribution in [1.29, 1.82) is 0 Å². The van der Waals surface area contributed by atoms with Crippen LogP contribution in [-0.2, 0) is 16.0 Å². The predicted molar refractivity (Wildman–Crippen MR) is 122 cm³/mol. The first-order valence-corrected chi connectivity index (χ1v) is 11.6. The fraction of sp³-hybridized carbons (Fsp3) is 0.522. The van der Waals surface area contributed by atoms with Gasteiger partial charge in [-0.25, -0.2) is 9.00 Å². The number of nitrogens with one attached hydrogen (secondary N) is 1. The molecule has 164 valence electrons. The molecule has 1 aliphatic carbocycles. The van der Waals surface area contributed by atoms with Gasteiger partial charge in [0.2, 0.25) is 0 Å². The van der Waals surface area contributed by atoms with Crippen molar-refractivity contribution in [2.45, 2.75) is 52.1 Å². The molecule has 0 spiro atoms. The summed E-state index contributed by atoms with van der Waals surface area (Å²) in [5, 5.41) is 4.91. The Morgan fingerprint density at radius 1 is 1.10 bits per heavy atom. The van der Waals surface area contributed by atoms with Gasteiger partial charge in [0.05, 0.1) is 5.69 Å². The Balaban J connectivity index is 1.56. The molecule has 1 amide bonds. The van der Waals surface area contributed by atoms with Gasteiger partial charge in [0, 0.05) is 18.5 Å². The molecule has 0 heterocycles. The zero-order valence-electron chi connectivity index (χ0n) is 18.0. The molecule has 1 atom stereocenters. The highest BCUT2D eigenvalue weighted by Gasteiger charge is 2.26. The normalized spacial score (nSPS) is 20.5. The second kappa shape index (κ2) is 9.79. The van der Waals surface area contributed by atoms with Gasteiger partial charge in [0.15, 0.2) is 0 Å². The van der Waals surface area contributed by atoms with E-state index >= 15 is 0 Å². The molecule has 0 bridgehead atoms. The molecule has 0 aromatic heterocycles. The number of ether oxygens (including phenoxy) is 1. The molecular weight excluding hydrogens is 400 g/mol. The van der Waals surface area contributed by atoms with E-state index in [1.807, 2.05) is 63.2 Å². The van der Waals surface area contributed by atoms with E-state index in [2.05, 4.69) is 5.32 Å². The van der Waals surface area contributed by atoms with Crippen LogP contribution in [0.4, 0.5) is 10.5 Å². The van der Waals surface area contributed by atoms with Gasteiger partial charge in [-0.2, -0.15) is 0 Å². The molecule has 30 heavy (non-hydrogen) atoms. The topological polar surface area (TPSA) is 78.9 Å². The minimum absolute atomic E-state index is 0.345. The molecule has 1 saturated carbocycles. The highest BCUT2D eigenvalue weighted by Crippen LogP contribution is 2.33. The average Bonchev–Trinajstić information content (AvgIpc) is 2.69. The smallest absolute Gasteiger partial charge is 0.407 e. The monoisotopic (exact) mass is 432 g/mol. The van der Waals surface area contributed by atoms with Gasteiger partial charge < -0.3 is 10.1 Å². The molecular formula is C23H32N2O4S. The molecule has 7 heteroatoms. The maximum Gasteiger partial charge on any atom is 0.407 e. The molecule has 0 aliphatic heterocycles. The van der Waals surface area contributed by atoms with Gasteiger partial charge in [0.1, 0.15) is 5.60 Å². The van der Waals surface area contributed by atoms with Crippen molar-refractivity contribution < 1.29 is 18.3 Å². The number of nitrogens with zero attached hydrogens (tertiary/aromatic N) is 1. The molecule has 1 aliphatic rings. The predicted octanol–water partition coefficient (Wildman–Crippen LogP) is 5.11. The number of anilines is 1. The molecule has 0 radical (unpaired) electrons. The second-order valence-electron chi connectivity index (χ2n) is 9.06. The fourth-order valence-corrected chi connectivity index (χ4v) is 4.73. The number of alkyl carbamates (subject to hydrolysis) is 1. The molecule has 6 nitrogen and oxygen atoms in total. The van der Waals surface area contributed by atoms with Gasteiger partial charge in [-0.05, 0) is 69.7 Å². The van der Waals surface area contributed by atoms with E-state index in [-0.39, 0.29) is 6.09 Å². The van der Waals surface area contributed by atoms with Gasteiger partial charge in [-0.3, -0.25) is 8.86 Å². The van der Waals surface area contributed by atoms with Crippen LogP contribution in [0.15, 0.2) is 42.5 Å². The maximum absolute atomic E-state index is 12.1. The molecule has 2 N–H and O–H groups in total. The van der Waals surface area contributed by atoms with E-state index < -0.39 is 16.9 Å². The quantitative estimate of drug-likeness (QED) is 0.622. The van der Waals surface area contributed by atoms with Gasteiger partial charge in [-0.1, -0.05) is 36.4 Å². The highest BCUT2D eigenvalue weighted by atomic mass is 32.2. The number of hydrogen-bond donors (Lipinski definition) is 2. The number of hydrogen-bond acceptors (Lipinski definition) is 3. The maximum atomic E-state index is 12.1. The molecule has 3 rings (SSSR count). The van der Waals surface area contributed by atoms with Crippen LogP contribution in [0.1, 0.15) is 46.5 Å². The standard InChI is InChI=1S/C23H32N2O4S/c1-23(2,3)29-22(26)24-15-17-11-13-18(14-12-17)16-25(30(27)28)21-10-6-8-19-7-4-5-9-20(19)21/h4-10,17-18H,11-16H2,1-3H3,(H,24,26)(H,27,28). The Morgan fingerprint density at radius 2 is 1.73 bits per heavy atom. The summed E-state index contributed by atoms with van der Waals surface area (Å²) in [5.74, 6) is 0.761. The zero-order chi connectivity index (χ0) is 21.7. The summed E-state index contributed by atoms with van der Waals surface area (Å²) >= 11 is -2.08. The fourth-order valence-electron chi connectivity index (χ4n) is 4.07. The van der Waals surface area contributed by atoms with Crippen molar-refractivity contribution >= 4 is 33.8 Å². The molecule has 1 fully saturated rings. The van der Waals surface area contributed by atoms with Crippen molar-refractivity contribution in [3.8, 4) is 0 Å². The third kappa shape index (κ3) is 6.19. The third-order valence-corrected chi connectivity index (χ3v) is 6.27. The summed E-state index contributed by atoms with van der Waals surface area (Å²) in [6.45, 7) is 6.71. The van der Waals surface area contributed by atoms with E-state index in [4.69, 9.17) is 4.74 Å². The molecule has 2 aromatic carbocycles. The lowest BCUT2D eigenvalue weighted by Gasteiger charge is -2.32. The summed E-state index contributed by atoms with van der Waals surface area (Å²) in [6, 6.07) is 13.8. The Kier molecular flexibility index (Phi) is 7.36. The minimum Gasteiger partial charge on any atom is -0.444 e. The lowest BCUT2D eigenvalue weighted by molar-refractivity contribution is 0.0513. The summed E-state index contributed by atoms with van der Waals surface area (Å²) in [6.07, 6.45) is 3.55. The van der Waals surface area contributed by atoms with Gasteiger partial charge in [0.25, 0.3) is 11.3 Å². The lowest BCUT2D eigenvalue weighted by atomic mass is 9.82. The summed E-state index contributed by atoms with van der Waals surface area (Å²) < 4.78 is 29.0. The number of benzene rings is 2. The first-order valence-electron chi connectivity index (χ1n) is 10.6. The van der Waals surface area contributed by atoms with E-state index in [1.165, 1.54) is 0 Å². The average molecular weight is 433 g/mol. The summed E-state index contributed by atoms with van der Waals surface area (Å²) in [4.78, 5) is 11.8. The second-order valence-corrected chi connectivity index (χ2v) is 9.96. The summed E-state index contributed by atoms with van der Waals surface area (Å²) in [5.41, 5.74) is 0.301. The molecule has 1 unspecified atom stereocenters. The first kappa shape index (κ1) is 22.6. The Morgan fingerprint density at radius 3 is 2.40 bits per heavy atom. The SMILES string of the molecule is CC(C)(C)OC(=O)NCC1CCC(CN(c2cccc3ccccc23)S(=O)O)CC1. The van der Waals surface area contributed by atoms with Crippen LogP contribution in [0.3, 0.4) is 0 Å². The van der Waals surface area contributed by atoms with Crippen molar-refractivity contribution in [3.63, 3.8) is 0 Å². The largest absolute Gasteiger partial charge is 0.444 e. The van der Waals surface area contributed by atoms with E-state index in [0.717, 1.165) is 42.1 Å². The Hall–Kier alpha value is -2.12. The van der Waals surface area contributed by atoms with Crippen LogP contribution >= 0.6 is 0 Å². The zero-order valence-corrected chi connectivity index (χ0v) is 18.8. The Bertz CT molecular complexity index is 883. The van der Waals surface area contributed by atoms with Gasteiger partial charge >= 0.3 is 6.09 Å². The van der Waals surface area contributed by atoms with E-state index in [9.17, 15) is 13.6 Å². The lowest BCUT2D eigenvalue weighted by Crippen LogP contribution is -2.37. The number of rotatable bonds is 6. The van der Waals surface area contributed by atoms with Crippen molar-refractivity contribution in [3.05, 3.63) is 42.5 Å². The first-order chi connectivity index (χ1) is 14.2. The van der Waals surface area contributed by atoms with Crippen LogP contribution in [0.5, 0.6) is 0 Å². The van der Waals surface area contributed by atoms with Gasteiger partial charge in [-0.15, -0.1) is 0 Å². The minimum atomic E-state index is -2.08. The van der Waals surface area contributed by atoms with Crippen LogP contribution in [0, 0.1) is 11.8 Å².